The second kappa shape index (κ2) is 5.95. The zero-order valence-electron chi connectivity index (χ0n) is 10.1. The molecule has 4 heteroatoms. The monoisotopic (exact) mass is 213 g/mol. The molecule has 1 aliphatic heterocycles. The highest BCUT2D eigenvalue weighted by Gasteiger charge is 2.18. The van der Waals surface area contributed by atoms with Crippen molar-refractivity contribution in [3.8, 4) is 0 Å². The molecule has 1 aliphatic rings. The molecular formula is C11H23N3O. The van der Waals surface area contributed by atoms with Gasteiger partial charge in [-0.05, 0) is 26.3 Å². The van der Waals surface area contributed by atoms with Gasteiger partial charge in [-0.25, -0.2) is 4.79 Å². The van der Waals surface area contributed by atoms with Crippen LogP contribution in [0.3, 0.4) is 0 Å². The van der Waals surface area contributed by atoms with Crippen molar-refractivity contribution in [3.63, 3.8) is 0 Å². The molecule has 0 aromatic carbocycles. The van der Waals surface area contributed by atoms with Crippen LogP contribution in [0.15, 0.2) is 0 Å². The van der Waals surface area contributed by atoms with Gasteiger partial charge in [0.05, 0.1) is 0 Å². The number of amides is 2. The molecule has 1 N–H and O–H groups in total. The first kappa shape index (κ1) is 12.3. The fourth-order valence-corrected chi connectivity index (χ4v) is 1.92. The summed E-state index contributed by atoms with van der Waals surface area (Å²) in [5, 5.41) is 3.45. The molecule has 0 aliphatic carbocycles. The average molecular weight is 213 g/mol. The third-order valence-corrected chi connectivity index (χ3v) is 3.03. The summed E-state index contributed by atoms with van der Waals surface area (Å²) in [6.45, 7) is 4.67. The molecule has 1 rings (SSSR count). The number of nitrogens with zero attached hydrogens (tertiary/aromatic N) is 2. The predicted molar refractivity (Wildman–Crippen MR) is 62.0 cm³/mol. The second-order valence-electron chi connectivity index (χ2n) is 4.32. The average Bonchev–Trinajstić information content (AvgIpc) is 2.28. The topological polar surface area (TPSA) is 35.6 Å². The summed E-state index contributed by atoms with van der Waals surface area (Å²) in [5.41, 5.74) is 0. The lowest BCUT2D eigenvalue weighted by atomic mass is 10.0. The number of carbonyl (C=O) groups excluding carboxylic acids is 1. The first-order chi connectivity index (χ1) is 7.15. The van der Waals surface area contributed by atoms with Crippen LogP contribution in [-0.2, 0) is 0 Å². The van der Waals surface area contributed by atoms with E-state index in [2.05, 4.69) is 5.32 Å². The Kier molecular flexibility index (Phi) is 4.88. The summed E-state index contributed by atoms with van der Waals surface area (Å²) >= 11 is 0. The summed E-state index contributed by atoms with van der Waals surface area (Å²) in [6.07, 6.45) is 3.74. The van der Waals surface area contributed by atoms with Crippen molar-refractivity contribution in [1.29, 1.82) is 0 Å². The minimum absolute atomic E-state index is 0.116. The van der Waals surface area contributed by atoms with Gasteiger partial charge in [0.15, 0.2) is 0 Å². The van der Waals surface area contributed by atoms with E-state index in [1.807, 2.05) is 25.9 Å². The molecule has 4 nitrogen and oxygen atoms in total. The van der Waals surface area contributed by atoms with E-state index in [9.17, 15) is 4.79 Å². The van der Waals surface area contributed by atoms with Gasteiger partial charge in [-0.15, -0.1) is 0 Å². The molecule has 0 spiro atoms. The van der Waals surface area contributed by atoms with E-state index < -0.39 is 0 Å². The van der Waals surface area contributed by atoms with E-state index in [1.165, 1.54) is 19.3 Å². The Bertz CT molecular complexity index is 202. The number of nitrogens with one attached hydrogen (secondary N) is 1. The van der Waals surface area contributed by atoms with E-state index in [4.69, 9.17) is 0 Å². The maximum atomic E-state index is 11.8. The number of hydrogen-bond acceptors (Lipinski definition) is 2. The van der Waals surface area contributed by atoms with Crippen molar-refractivity contribution in [2.45, 2.75) is 32.2 Å². The van der Waals surface area contributed by atoms with Crippen LogP contribution in [-0.4, -0.2) is 55.6 Å². The molecule has 0 saturated carbocycles. The van der Waals surface area contributed by atoms with Crippen molar-refractivity contribution >= 4 is 6.03 Å². The van der Waals surface area contributed by atoms with E-state index in [-0.39, 0.29) is 6.03 Å². The molecule has 1 unspecified atom stereocenters. The highest BCUT2D eigenvalue weighted by molar-refractivity contribution is 5.73. The molecule has 1 saturated heterocycles. The van der Waals surface area contributed by atoms with Crippen molar-refractivity contribution in [2.24, 2.45) is 0 Å². The van der Waals surface area contributed by atoms with Gasteiger partial charge in [0.1, 0.15) is 0 Å². The lowest BCUT2D eigenvalue weighted by molar-refractivity contribution is 0.167. The molecule has 0 bridgehead atoms. The van der Waals surface area contributed by atoms with Crippen LogP contribution in [0.4, 0.5) is 4.79 Å². The Morgan fingerprint density at radius 1 is 1.33 bits per heavy atom. The number of piperidine rings is 1. The molecule has 1 fully saturated rings. The van der Waals surface area contributed by atoms with Gasteiger partial charge in [0.25, 0.3) is 0 Å². The highest BCUT2D eigenvalue weighted by atomic mass is 16.2. The highest BCUT2D eigenvalue weighted by Crippen LogP contribution is 2.08. The molecule has 2 amide bonds. The first-order valence-corrected chi connectivity index (χ1v) is 5.84. The molecular weight excluding hydrogens is 190 g/mol. The maximum Gasteiger partial charge on any atom is 0.319 e. The smallest absolute Gasteiger partial charge is 0.319 e. The molecule has 1 atom stereocenters. The summed E-state index contributed by atoms with van der Waals surface area (Å²) in [6, 6.07) is 0.600. The van der Waals surface area contributed by atoms with Gasteiger partial charge in [0, 0.05) is 33.2 Å². The first-order valence-electron chi connectivity index (χ1n) is 5.84. The van der Waals surface area contributed by atoms with Crippen LogP contribution in [0.25, 0.3) is 0 Å². The largest absolute Gasteiger partial charge is 0.328 e. The second-order valence-corrected chi connectivity index (χ2v) is 4.32. The summed E-state index contributed by atoms with van der Waals surface area (Å²) < 4.78 is 0. The summed E-state index contributed by atoms with van der Waals surface area (Å²) in [5.74, 6) is 0. The van der Waals surface area contributed by atoms with E-state index in [0.717, 1.165) is 19.6 Å². The molecule has 15 heavy (non-hydrogen) atoms. The van der Waals surface area contributed by atoms with Gasteiger partial charge >= 0.3 is 6.03 Å². The minimum atomic E-state index is 0.116. The van der Waals surface area contributed by atoms with Crippen LogP contribution in [0.2, 0.25) is 0 Å². The maximum absolute atomic E-state index is 11.8. The molecule has 0 aromatic rings. The number of likely N-dealkylation sites (N-methyl/N-ethyl adjacent to an activating group) is 1. The summed E-state index contributed by atoms with van der Waals surface area (Å²) in [7, 11) is 3.72. The Hall–Kier alpha value is -0.770. The lowest BCUT2D eigenvalue weighted by Crippen LogP contribution is -2.47. The Morgan fingerprint density at radius 2 is 2.07 bits per heavy atom. The van der Waals surface area contributed by atoms with Crippen LogP contribution >= 0.6 is 0 Å². The van der Waals surface area contributed by atoms with Gasteiger partial charge in [-0.3, -0.25) is 0 Å². The van der Waals surface area contributed by atoms with Gasteiger partial charge in [0.2, 0.25) is 0 Å². The SMILES string of the molecule is CCN(C)C(=O)N(C)CC1CCCCN1. The van der Waals surface area contributed by atoms with E-state index in [0.29, 0.717) is 6.04 Å². The lowest BCUT2D eigenvalue weighted by Gasteiger charge is -2.30. The fraction of sp³-hybridized carbons (Fsp3) is 0.909. The van der Waals surface area contributed by atoms with Crippen LogP contribution in [0, 0.1) is 0 Å². The van der Waals surface area contributed by atoms with Gasteiger partial charge < -0.3 is 15.1 Å². The van der Waals surface area contributed by atoms with Crippen molar-refractivity contribution in [1.82, 2.24) is 15.1 Å². The van der Waals surface area contributed by atoms with E-state index >= 15 is 0 Å². The third-order valence-electron chi connectivity index (χ3n) is 3.03. The minimum Gasteiger partial charge on any atom is -0.328 e. The van der Waals surface area contributed by atoms with Crippen LogP contribution < -0.4 is 5.32 Å². The third kappa shape index (κ3) is 3.70. The zero-order chi connectivity index (χ0) is 11.3. The quantitative estimate of drug-likeness (QED) is 0.763. The van der Waals surface area contributed by atoms with Crippen molar-refractivity contribution in [3.05, 3.63) is 0 Å². The fourth-order valence-electron chi connectivity index (χ4n) is 1.92. The molecule has 0 radical (unpaired) electrons. The van der Waals surface area contributed by atoms with Crippen molar-refractivity contribution in [2.75, 3.05) is 33.7 Å². The number of rotatable bonds is 3. The van der Waals surface area contributed by atoms with E-state index in [1.54, 1.807) is 4.90 Å². The van der Waals surface area contributed by atoms with Gasteiger partial charge in [-0.1, -0.05) is 6.42 Å². The predicted octanol–water partition coefficient (Wildman–Crippen LogP) is 1.13. The summed E-state index contributed by atoms with van der Waals surface area (Å²) in [4.78, 5) is 15.3. The normalized spacial score (nSPS) is 21.1. The molecule has 0 aromatic heterocycles. The molecule has 88 valence electrons. The standard InChI is InChI=1S/C11H23N3O/c1-4-13(2)11(15)14(3)9-10-7-5-6-8-12-10/h10,12H,4-9H2,1-3H3. The number of carbonyl (C=O) groups is 1. The Morgan fingerprint density at radius 3 is 2.60 bits per heavy atom. The van der Waals surface area contributed by atoms with Gasteiger partial charge in [-0.2, -0.15) is 0 Å². The number of hydrogen-bond donors (Lipinski definition) is 1. The van der Waals surface area contributed by atoms with Crippen molar-refractivity contribution < 1.29 is 4.79 Å². The Balaban J connectivity index is 2.33. The van der Waals surface area contributed by atoms with Crippen LogP contribution in [0.5, 0.6) is 0 Å². The van der Waals surface area contributed by atoms with Crippen LogP contribution in [0.1, 0.15) is 26.2 Å². The number of urea groups is 1. The zero-order valence-corrected chi connectivity index (χ0v) is 10.1. The Labute approximate surface area is 92.6 Å². The molecule has 1 heterocycles.